The van der Waals surface area contributed by atoms with Gasteiger partial charge in [-0.25, -0.2) is 4.98 Å². The number of carbonyl (C=O) groups is 1. The smallest absolute Gasteiger partial charge is 0.300 e. The van der Waals surface area contributed by atoms with Gasteiger partial charge in [-0.2, -0.15) is 0 Å². The highest BCUT2D eigenvalue weighted by Crippen LogP contribution is 2.20. The summed E-state index contributed by atoms with van der Waals surface area (Å²) in [4.78, 5) is 25.9. The van der Waals surface area contributed by atoms with Crippen LogP contribution in [0.4, 0.5) is 11.5 Å². The molecule has 2 heterocycles. The van der Waals surface area contributed by atoms with Crippen LogP contribution in [-0.4, -0.2) is 15.8 Å². The van der Waals surface area contributed by atoms with Crippen LogP contribution in [0.25, 0.3) is 0 Å². The predicted molar refractivity (Wildman–Crippen MR) is 69.9 cm³/mol. The number of nitro groups is 1. The van der Waals surface area contributed by atoms with Crippen LogP contribution in [0.15, 0.2) is 35.1 Å². The number of anilines is 1. The Morgan fingerprint density at radius 2 is 2.35 bits per heavy atom. The van der Waals surface area contributed by atoms with Crippen LogP contribution in [0.3, 0.4) is 0 Å². The van der Waals surface area contributed by atoms with Crippen molar-refractivity contribution < 1.29 is 14.1 Å². The maximum absolute atomic E-state index is 12.1. The maximum atomic E-state index is 12.1. The normalized spacial score (nSPS) is 11.8. The van der Waals surface area contributed by atoms with Crippen molar-refractivity contribution in [2.75, 3.05) is 5.73 Å². The lowest BCUT2D eigenvalue weighted by Gasteiger charge is -2.11. The lowest BCUT2D eigenvalue weighted by Crippen LogP contribution is -2.27. The van der Waals surface area contributed by atoms with E-state index in [4.69, 9.17) is 10.2 Å². The minimum Gasteiger partial charge on any atom is -0.467 e. The molecule has 0 radical (unpaired) electrons. The monoisotopic (exact) mass is 276 g/mol. The van der Waals surface area contributed by atoms with Gasteiger partial charge in [-0.3, -0.25) is 14.9 Å². The molecule has 104 valence electrons. The van der Waals surface area contributed by atoms with Gasteiger partial charge in [0.15, 0.2) is 0 Å². The number of pyridine rings is 1. The van der Waals surface area contributed by atoms with E-state index < -0.39 is 22.6 Å². The molecule has 2 rings (SSSR count). The van der Waals surface area contributed by atoms with Crippen molar-refractivity contribution in [2.24, 2.45) is 0 Å². The summed E-state index contributed by atoms with van der Waals surface area (Å²) in [7, 11) is 0. The van der Waals surface area contributed by atoms with Crippen LogP contribution >= 0.6 is 0 Å². The van der Waals surface area contributed by atoms with E-state index in [0.29, 0.717) is 5.76 Å². The molecular formula is C12H12N4O4. The van der Waals surface area contributed by atoms with Gasteiger partial charge in [-0.05, 0) is 25.1 Å². The molecule has 8 heteroatoms. The minimum atomic E-state index is -0.682. The summed E-state index contributed by atoms with van der Waals surface area (Å²) in [6.07, 6.45) is 2.44. The highest BCUT2D eigenvalue weighted by atomic mass is 16.6. The summed E-state index contributed by atoms with van der Waals surface area (Å²) >= 11 is 0. The van der Waals surface area contributed by atoms with E-state index in [1.54, 1.807) is 19.1 Å². The topological polar surface area (TPSA) is 124 Å². The molecule has 0 aliphatic heterocycles. The Labute approximate surface area is 113 Å². The van der Waals surface area contributed by atoms with Gasteiger partial charge in [0, 0.05) is 0 Å². The molecule has 1 amide bonds. The molecule has 1 unspecified atom stereocenters. The second-order valence-corrected chi connectivity index (χ2v) is 4.09. The van der Waals surface area contributed by atoms with E-state index in [2.05, 4.69) is 10.3 Å². The summed E-state index contributed by atoms with van der Waals surface area (Å²) < 4.78 is 5.15. The molecule has 0 aromatic carbocycles. The minimum absolute atomic E-state index is 0.0337. The second-order valence-electron chi connectivity index (χ2n) is 4.09. The van der Waals surface area contributed by atoms with Gasteiger partial charge in [-0.15, -0.1) is 0 Å². The average Bonchev–Trinajstić information content (AvgIpc) is 2.92. The fourth-order valence-electron chi connectivity index (χ4n) is 1.67. The summed E-state index contributed by atoms with van der Waals surface area (Å²) in [6.45, 7) is 1.70. The van der Waals surface area contributed by atoms with Crippen LogP contribution in [-0.2, 0) is 0 Å². The lowest BCUT2D eigenvalue weighted by molar-refractivity contribution is -0.385. The van der Waals surface area contributed by atoms with Gasteiger partial charge in [0.25, 0.3) is 11.6 Å². The fourth-order valence-corrected chi connectivity index (χ4v) is 1.67. The number of nitrogen functional groups attached to an aromatic ring is 1. The maximum Gasteiger partial charge on any atom is 0.300 e. The van der Waals surface area contributed by atoms with Crippen LogP contribution in [0.5, 0.6) is 0 Å². The zero-order valence-electron chi connectivity index (χ0n) is 10.6. The summed E-state index contributed by atoms with van der Waals surface area (Å²) in [6, 6.07) is 4.12. The first kappa shape index (κ1) is 13.5. The fraction of sp³-hybridized carbons (Fsp3) is 0.167. The third-order valence-electron chi connectivity index (χ3n) is 2.66. The van der Waals surface area contributed by atoms with Crippen molar-refractivity contribution >= 4 is 17.4 Å². The van der Waals surface area contributed by atoms with Crippen LogP contribution in [0.1, 0.15) is 29.1 Å². The molecule has 8 nitrogen and oxygen atoms in total. The van der Waals surface area contributed by atoms with Gasteiger partial charge in [-0.1, -0.05) is 0 Å². The molecule has 0 fully saturated rings. The molecule has 0 aliphatic carbocycles. The van der Waals surface area contributed by atoms with E-state index in [9.17, 15) is 14.9 Å². The Hall–Kier alpha value is -2.90. The molecule has 3 N–H and O–H groups in total. The van der Waals surface area contributed by atoms with E-state index in [0.717, 1.165) is 6.20 Å². The summed E-state index contributed by atoms with van der Waals surface area (Å²) in [5.74, 6) is -0.0378. The Bertz CT molecular complexity index is 639. The van der Waals surface area contributed by atoms with Crippen molar-refractivity contribution in [1.82, 2.24) is 10.3 Å². The quantitative estimate of drug-likeness (QED) is 0.646. The highest BCUT2D eigenvalue weighted by Gasteiger charge is 2.23. The Kier molecular flexibility index (Phi) is 3.65. The van der Waals surface area contributed by atoms with Crippen molar-refractivity contribution in [2.45, 2.75) is 13.0 Å². The number of hydrogen-bond donors (Lipinski definition) is 2. The molecule has 0 spiro atoms. The molecule has 0 saturated heterocycles. The van der Waals surface area contributed by atoms with Gasteiger partial charge in [0.1, 0.15) is 23.3 Å². The molecule has 2 aromatic rings. The average molecular weight is 276 g/mol. The van der Waals surface area contributed by atoms with Crippen molar-refractivity contribution in [3.05, 3.63) is 52.1 Å². The molecule has 0 aliphatic rings. The zero-order valence-corrected chi connectivity index (χ0v) is 10.6. The predicted octanol–water partition coefficient (Wildman–Crippen LogP) is 1.66. The van der Waals surface area contributed by atoms with Crippen molar-refractivity contribution in [1.29, 1.82) is 0 Å². The number of amides is 1. The first-order valence-electron chi connectivity index (χ1n) is 5.73. The van der Waals surface area contributed by atoms with E-state index in [1.807, 2.05) is 0 Å². The number of hydrogen-bond acceptors (Lipinski definition) is 6. The van der Waals surface area contributed by atoms with E-state index in [-0.39, 0.29) is 11.4 Å². The van der Waals surface area contributed by atoms with Gasteiger partial charge >= 0.3 is 0 Å². The molecule has 20 heavy (non-hydrogen) atoms. The lowest BCUT2D eigenvalue weighted by atomic mass is 10.2. The van der Waals surface area contributed by atoms with Gasteiger partial charge in [0.05, 0.1) is 17.2 Å². The number of nitrogens with zero attached hydrogens (tertiary/aromatic N) is 2. The number of nitrogens with two attached hydrogens (primary N) is 1. The van der Waals surface area contributed by atoms with E-state index in [1.165, 1.54) is 12.3 Å². The number of furan rings is 1. The van der Waals surface area contributed by atoms with Gasteiger partial charge < -0.3 is 15.5 Å². The highest BCUT2D eigenvalue weighted by molar-refractivity contribution is 5.98. The standard InChI is InChI=1S/C12H12N4O4/c1-7(10-3-2-4-20-10)15-12(17)8-5-11(13)14-6-9(8)16(18)19/h2-7H,1H3,(H2,13,14)(H,15,17). The number of aromatic nitrogens is 1. The number of rotatable bonds is 4. The first-order valence-corrected chi connectivity index (χ1v) is 5.73. The van der Waals surface area contributed by atoms with E-state index >= 15 is 0 Å². The Morgan fingerprint density at radius 3 is 2.95 bits per heavy atom. The summed E-state index contributed by atoms with van der Waals surface area (Å²) in [5, 5.41) is 13.5. The molecular weight excluding hydrogens is 264 g/mol. The van der Waals surface area contributed by atoms with Crippen LogP contribution < -0.4 is 11.1 Å². The molecule has 0 saturated carbocycles. The SMILES string of the molecule is CC(NC(=O)c1cc(N)ncc1[N+](=O)[O-])c1ccco1. The Morgan fingerprint density at radius 1 is 1.60 bits per heavy atom. The number of nitrogens with one attached hydrogen (secondary N) is 1. The van der Waals surface area contributed by atoms with Crippen LogP contribution in [0, 0.1) is 10.1 Å². The molecule has 1 atom stereocenters. The molecule has 0 bridgehead atoms. The largest absolute Gasteiger partial charge is 0.467 e. The third-order valence-corrected chi connectivity index (χ3v) is 2.66. The molecule has 2 aromatic heterocycles. The summed E-state index contributed by atoms with van der Waals surface area (Å²) in [5.41, 5.74) is 4.92. The van der Waals surface area contributed by atoms with Crippen LogP contribution in [0.2, 0.25) is 0 Å². The first-order chi connectivity index (χ1) is 9.49. The third kappa shape index (κ3) is 2.74. The van der Waals surface area contributed by atoms with Gasteiger partial charge in [0.2, 0.25) is 0 Å². The second kappa shape index (κ2) is 5.39. The zero-order chi connectivity index (χ0) is 14.7. The van der Waals surface area contributed by atoms with Crippen molar-refractivity contribution in [3.63, 3.8) is 0 Å². The van der Waals surface area contributed by atoms with Crippen molar-refractivity contribution in [3.8, 4) is 0 Å². The Balaban J connectivity index is 2.25. The number of carbonyl (C=O) groups excluding carboxylic acids is 1.